The normalized spacial score (nSPS) is 12.6. The van der Waals surface area contributed by atoms with Crippen LogP contribution in [0.25, 0.3) is 0 Å². The Morgan fingerprint density at radius 2 is 0.562 bits per heavy atom. The van der Waals surface area contributed by atoms with Crippen LogP contribution in [0.1, 0.15) is 303 Å². The van der Waals surface area contributed by atoms with Crippen molar-refractivity contribution in [2.45, 2.75) is 309 Å². The molecule has 0 rings (SSSR count). The number of esters is 3. The molecule has 0 fully saturated rings. The van der Waals surface area contributed by atoms with Crippen LogP contribution >= 0.6 is 0 Å². The van der Waals surface area contributed by atoms with Gasteiger partial charge in [0, 0.05) is 19.3 Å². The standard InChI is InChI=1S/C67H116O6/c1-4-7-10-13-16-19-22-25-27-29-31-33-35-37-39-42-45-48-51-54-57-60-66(69)72-63-64(62-71-65(68)59-56-53-50-47-44-41-24-21-18-15-12-9-6-3)73-67(70)61-58-55-52-49-46-43-40-38-36-34-32-30-28-26-23-20-17-14-11-8-5-2/h9,12,18,21-22,25,29,31,35,37,41,44,50,53,64H,4-8,10-11,13-17,19-20,23-24,26-28,30,32-34,36,38-40,42-43,45-49,51-52,54-63H2,1-3H3/b12-9-,21-18-,25-22-,31-29-,37-35-,44-41-,53-50-. The van der Waals surface area contributed by atoms with E-state index < -0.39 is 6.10 Å². The molecule has 1 unspecified atom stereocenters. The van der Waals surface area contributed by atoms with Crippen molar-refractivity contribution < 1.29 is 28.6 Å². The minimum absolute atomic E-state index is 0.104. The SMILES string of the molecule is CC/C=C\C/C=C\C/C=C\C/C=C\CCC(=O)OCC(COC(=O)CCCCCCCC/C=C\C/C=C\C/C=C\CCCCCCC)OC(=O)CCCCCCCCCCCCCCCCCCCCCCC. The molecule has 420 valence electrons. The van der Waals surface area contributed by atoms with Crippen LogP contribution in [0.15, 0.2) is 85.1 Å². The minimum Gasteiger partial charge on any atom is -0.462 e. The molecule has 6 heteroatoms. The smallest absolute Gasteiger partial charge is 0.306 e. The summed E-state index contributed by atoms with van der Waals surface area (Å²) in [5, 5.41) is 0. The van der Waals surface area contributed by atoms with Crippen molar-refractivity contribution in [3.8, 4) is 0 Å². The van der Waals surface area contributed by atoms with Gasteiger partial charge in [-0.3, -0.25) is 14.4 Å². The van der Waals surface area contributed by atoms with Crippen LogP contribution in [-0.2, 0) is 28.6 Å². The molecule has 1 atom stereocenters. The fraction of sp³-hybridized carbons (Fsp3) is 0.746. The average Bonchev–Trinajstić information content (AvgIpc) is 3.39. The van der Waals surface area contributed by atoms with Crippen LogP contribution < -0.4 is 0 Å². The van der Waals surface area contributed by atoms with E-state index in [4.69, 9.17) is 14.2 Å². The van der Waals surface area contributed by atoms with Crippen LogP contribution in [-0.4, -0.2) is 37.2 Å². The Balaban J connectivity index is 4.39. The average molecular weight is 1020 g/mol. The number of hydrogen-bond donors (Lipinski definition) is 0. The van der Waals surface area contributed by atoms with Gasteiger partial charge in [0.2, 0.25) is 0 Å². The lowest BCUT2D eigenvalue weighted by atomic mass is 10.0. The Kier molecular flexibility index (Phi) is 58.3. The molecule has 6 nitrogen and oxygen atoms in total. The van der Waals surface area contributed by atoms with Crippen molar-refractivity contribution in [3.63, 3.8) is 0 Å². The van der Waals surface area contributed by atoms with Gasteiger partial charge in [0.15, 0.2) is 6.10 Å². The van der Waals surface area contributed by atoms with Gasteiger partial charge < -0.3 is 14.2 Å². The van der Waals surface area contributed by atoms with E-state index in [2.05, 4.69) is 99.8 Å². The Morgan fingerprint density at radius 3 is 0.918 bits per heavy atom. The Bertz CT molecular complexity index is 1400. The summed E-state index contributed by atoms with van der Waals surface area (Å²) in [6, 6.07) is 0. The van der Waals surface area contributed by atoms with Crippen molar-refractivity contribution in [2.24, 2.45) is 0 Å². The molecule has 0 aromatic rings. The van der Waals surface area contributed by atoms with Gasteiger partial charge in [-0.05, 0) is 83.5 Å². The Labute approximate surface area is 452 Å². The predicted octanol–water partition coefficient (Wildman–Crippen LogP) is 21.1. The second kappa shape index (κ2) is 61.1. The zero-order chi connectivity index (χ0) is 52.9. The topological polar surface area (TPSA) is 78.9 Å². The molecule has 0 radical (unpaired) electrons. The maximum absolute atomic E-state index is 12.9. The number of unbranched alkanes of at least 4 members (excludes halogenated alkanes) is 31. The Morgan fingerprint density at radius 1 is 0.288 bits per heavy atom. The van der Waals surface area contributed by atoms with Gasteiger partial charge in [-0.2, -0.15) is 0 Å². The van der Waals surface area contributed by atoms with Crippen LogP contribution in [0.3, 0.4) is 0 Å². The molecule has 0 bridgehead atoms. The van der Waals surface area contributed by atoms with Gasteiger partial charge >= 0.3 is 17.9 Å². The molecule has 0 saturated carbocycles. The highest BCUT2D eigenvalue weighted by molar-refractivity contribution is 5.71. The lowest BCUT2D eigenvalue weighted by Crippen LogP contribution is -2.30. The van der Waals surface area contributed by atoms with E-state index in [1.165, 1.54) is 173 Å². The number of hydrogen-bond acceptors (Lipinski definition) is 6. The van der Waals surface area contributed by atoms with Crippen molar-refractivity contribution >= 4 is 17.9 Å². The maximum Gasteiger partial charge on any atom is 0.306 e. The summed E-state index contributed by atoms with van der Waals surface area (Å²) in [5.74, 6) is -0.988. The number of allylic oxidation sites excluding steroid dienone is 14. The van der Waals surface area contributed by atoms with Gasteiger partial charge in [0.25, 0.3) is 0 Å². The number of rotatable bonds is 56. The van der Waals surface area contributed by atoms with E-state index in [9.17, 15) is 14.4 Å². The molecule has 0 aliphatic heterocycles. The zero-order valence-corrected chi connectivity index (χ0v) is 48.1. The van der Waals surface area contributed by atoms with E-state index in [1.807, 2.05) is 6.08 Å². The fourth-order valence-electron chi connectivity index (χ4n) is 8.76. The van der Waals surface area contributed by atoms with Crippen molar-refractivity contribution in [3.05, 3.63) is 85.1 Å². The summed E-state index contributed by atoms with van der Waals surface area (Å²) in [6.07, 6.45) is 80.3. The molecule has 0 spiro atoms. The first-order chi connectivity index (χ1) is 36.0. The number of carbonyl (C=O) groups excluding carboxylic acids is 3. The highest BCUT2D eigenvalue weighted by Crippen LogP contribution is 2.17. The lowest BCUT2D eigenvalue weighted by molar-refractivity contribution is -0.166. The van der Waals surface area contributed by atoms with Crippen LogP contribution in [0.2, 0.25) is 0 Å². The van der Waals surface area contributed by atoms with Gasteiger partial charge in [0.1, 0.15) is 13.2 Å². The molecule has 0 saturated heterocycles. The third-order valence-corrected chi connectivity index (χ3v) is 13.4. The summed E-state index contributed by atoms with van der Waals surface area (Å²) in [5.41, 5.74) is 0. The third kappa shape index (κ3) is 59.3. The van der Waals surface area contributed by atoms with E-state index in [-0.39, 0.29) is 37.5 Å². The molecule has 0 aromatic heterocycles. The fourth-order valence-corrected chi connectivity index (χ4v) is 8.76. The largest absolute Gasteiger partial charge is 0.462 e. The van der Waals surface area contributed by atoms with E-state index >= 15 is 0 Å². The molecule has 0 aliphatic carbocycles. The number of ether oxygens (including phenoxy) is 3. The van der Waals surface area contributed by atoms with Gasteiger partial charge in [-0.1, -0.05) is 286 Å². The zero-order valence-electron chi connectivity index (χ0n) is 48.1. The second-order valence-corrected chi connectivity index (χ2v) is 20.6. The third-order valence-electron chi connectivity index (χ3n) is 13.4. The van der Waals surface area contributed by atoms with Gasteiger partial charge in [-0.15, -0.1) is 0 Å². The molecule has 0 aromatic carbocycles. The van der Waals surface area contributed by atoms with Crippen molar-refractivity contribution in [1.29, 1.82) is 0 Å². The lowest BCUT2D eigenvalue weighted by Gasteiger charge is -2.18. The van der Waals surface area contributed by atoms with Crippen molar-refractivity contribution in [1.82, 2.24) is 0 Å². The van der Waals surface area contributed by atoms with E-state index in [0.29, 0.717) is 19.3 Å². The number of carbonyl (C=O) groups is 3. The molecule has 73 heavy (non-hydrogen) atoms. The monoisotopic (exact) mass is 1020 g/mol. The van der Waals surface area contributed by atoms with Gasteiger partial charge in [-0.25, -0.2) is 0 Å². The minimum atomic E-state index is -0.811. The maximum atomic E-state index is 12.9. The van der Waals surface area contributed by atoms with E-state index in [0.717, 1.165) is 83.5 Å². The summed E-state index contributed by atoms with van der Waals surface area (Å²) in [4.78, 5) is 38.2. The van der Waals surface area contributed by atoms with E-state index in [1.54, 1.807) is 0 Å². The molecule has 0 N–H and O–H groups in total. The highest BCUT2D eigenvalue weighted by Gasteiger charge is 2.19. The summed E-state index contributed by atoms with van der Waals surface area (Å²) >= 11 is 0. The van der Waals surface area contributed by atoms with Crippen LogP contribution in [0.5, 0.6) is 0 Å². The summed E-state index contributed by atoms with van der Waals surface area (Å²) in [7, 11) is 0. The first kappa shape index (κ1) is 69.6. The summed E-state index contributed by atoms with van der Waals surface area (Å²) < 4.78 is 16.8. The Hall–Kier alpha value is -3.41. The predicted molar refractivity (Wildman–Crippen MR) is 316 cm³/mol. The molecule has 0 aliphatic rings. The first-order valence-corrected chi connectivity index (χ1v) is 31.1. The summed E-state index contributed by atoms with van der Waals surface area (Å²) in [6.45, 7) is 6.47. The molecular formula is C67H116O6. The molecular weight excluding hydrogens is 901 g/mol. The van der Waals surface area contributed by atoms with Crippen LogP contribution in [0.4, 0.5) is 0 Å². The second-order valence-electron chi connectivity index (χ2n) is 20.6. The van der Waals surface area contributed by atoms with Crippen molar-refractivity contribution in [2.75, 3.05) is 13.2 Å². The van der Waals surface area contributed by atoms with Gasteiger partial charge in [0.05, 0.1) is 0 Å². The molecule has 0 heterocycles. The molecule has 0 amide bonds. The van der Waals surface area contributed by atoms with Crippen LogP contribution in [0, 0.1) is 0 Å². The first-order valence-electron chi connectivity index (χ1n) is 31.1. The highest BCUT2D eigenvalue weighted by atomic mass is 16.6. The quantitative estimate of drug-likeness (QED) is 0.0261.